The van der Waals surface area contributed by atoms with Crippen molar-refractivity contribution in [3.63, 3.8) is 0 Å². The standard InChI is InChI=1S/C23H26FN5O3/c1-17-25-22(26-29(17)19-5-3-18(24)4-6-19)23(30)28-13-11-27(12-14-28)15-16-32-21-9-7-20(31-2)8-10-21/h3-10H,11-16H2,1-2H3. The predicted molar refractivity (Wildman–Crippen MR) is 117 cm³/mol. The molecule has 0 spiro atoms. The van der Waals surface area contributed by atoms with E-state index >= 15 is 0 Å². The maximum Gasteiger partial charge on any atom is 0.293 e. The predicted octanol–water partition coefficient (Wildman–Crippen LogP) is 2.56. The van der Waals surface area contributed by atoms with Crippen molar-refractivity contribution in [1.29, 1.82) is 0 Å². The number of halogens is 1. The molecule has 168 valence electrons. The summed E-state index contributed by atoms with van der Waals surface area (Å²) in [5, 5.41) is 4.35. The zero-order valence-corrected chi connectivity index (χ0v) is 18.2. The number of ether oxygens (including phenoxy) is 2. The van der Waals surface area contributed by atoms with Gasteiger partial charge >= 0.3 is 0 Å². The molecule has 1 aliphatic heterocycles. The third-order valence-electron chi connectivity index (χ3n) is 5.43. The van der Waals surface area contributed by atoms with Gasteiger partial charge in [0, 0.05) is 32.7 Å². The Kier molecular flexibility index (Phi) is 6.65. The van der Waals surface area contributed by atoms with Crippen LogP contribution in [0.15, 0.2) is 48.5 Å². The molecule has 0 bridgehead atoms. The number of aromatic nitrogens is 3. The first-order valence-electron chi connectivity index (χ1n) is 10.5. The summed E-state index contributed by atoms with van der Waals surface area (Å²) in [6, 6.07) is 13.4. The molecule has 0 atom stereocenters. The number of amides is 1. The first-order valence-corrected chi connectivity index (χ1v) is 10.5. The number of carbonyl (C=O) groups excluding carboxylic acids is 1. The smallest absolute Gasteiger partial charge is 0.293 e. The molecule has 2 heterocycles. The highest BCUT2D eigenvalue weighted by atomic mass is 19.1. The first kappa shape index (κ1) is 21.8. The summed E-state index contributed by atoms with van der Waals surface area (Å²) in [6.45, 7) is 5.85. The molecule has 1 fully saturated rings. The SMILES string of the molecule is COc1ccc(OCCN2CCN(C(=O)c3nc(C)n(-c4ccc(F)cc4)n3)CC2)cc1. The summed E-state index contributed by atoms with van der Waals surface area (Å²) in [5.41, 5.74) is 0.664. The zero-order valence-electron chi connectivity index (χ0n) is 18.2. The summed E-state index contributed by atoms with van der Waals surface area (Å²) < 4.78 is 25.7. The fraction of sp³-hybridized carbons (Fsp3) is 0.348. The van der Waals surface area contributed by atoms with E-state index < -0.39 is 0 Å². The number of carbonyl (C=O) groups is 1. The van der Waals surface area contributed by atoms with Crippen molar-refractivity contribution < 1.29 is 18.7 Å². The van der Waals surface area contributed by atoms with Crippen molar-refractivity contribution in [3.05, 3.63) is 66.0 Å². The van der Waals surface area contributed by atoms with Gasteiger partial charge in [0.05, 0.1) is 12.8 Å². The maximum atomic E-state index is 13.2. The van der Waals surface area contributed by atoms with E-state index in [1.807, 2.05) is 24.3 Å². The quantitative estimate of drug-likeness (QED) is 0.564. The minimum atomic E-state index is -0.324. The van der Waals surface area contributed by atoms with E-state index in [0.29, 0.717) is 31.2 Å². The molecule has 8 nitrogen and oxygen atoms in total. The van der Waals surface area contributed by atoms with Gasteiger partial charge in [-0.05, 0) is 55.5 Å². The van der Waals surface area contributed by atoms with E-state index in [9.17, 15) is 9.18 Å². The van der Waals surface area contributed by atoms with E-state index in [1.165, 1.54) is 12.1 Å². The number of piperazine rings is 1. The van der Waals surface area contributed by atoms with Crippen LogP contribution in [0.1, 0.15) is 16.4 Å². The lowest BCUT2D eigenvalue weighted by Crippen LogP contribution is -2.49. The maximum absolute atomic E-state index is 13.2. The van der Waals surface area contributed by atoms with E-state index in [0.717, 1.165) is 31.1 Å². The van der Waals surface area contributed by atoms with Gasteiger partial charge in [-0.25, -0.2) is 14.1 Å². The molecule has 0 unspecified atom stereocenters. The van der Waals surface area contributed by atoms with Crippen molar-refractivity contribution >= 4 is 5.91 Å². The number of benzene rings is 2. The number of rotatable bonds is 7. The second-order valence-corrected chi connectivity index (χ2v) is 7.53. The first-order chi connectivity index (χ1) is 15.5. The Labute approximate surface area is 186 Å². The third-order valence-corrected chi connectivity index (χ3v) is 5.43. The van der Waals surface area contributed by atoms with Gasteiger partial charge in [0.25, 0.3) is 5.91 Å². The second-order valence-electron chi connectivity index (χ2n) is 7.53. The van der Waals surface area contributed by atoms with Gasteiger partial charge in [-0.3, -0.25) is 9.69 Å². The molecule has 9 heteroatoms. The molecular weight excluding hydrogens is 413 g/mol. The lowest BCUT2D eigenvalue weighted by molar-refractivity contribution is 0.0608. The minimum absolute atomic E-state index is 0.156. The van der Waals surface area contributed by atoms with Crippen LogP contribution in [0.2, 0.25) is 0 Å². The molecule has 0 N–H and O–H groups in total. The monoisotopic (exact) mass is 439 g/mol. The summed E-state index contributed by atoms with van der Waals surface area (Å²) in [4.78, 5) is 21.2. The van der Waals surface area contributed by atoms with E-state index in [2.05, 4.69) is 15.0 Å². The van der Waals surface area contributed by atoms with Crippen molar-refractivity contribution in [2.75, 3.05) is 46.4 Å². The highest BCUT2D eigenvalue weighted by Gasteiger charge is 2.25. The average Bonchev–Trinajstić information content (AvgIpc) is 3.21. The van der Waals surface area contributed by atoms with Crippen LogP contribution in [0.4, 0.5) is 4.39 Å². The Morgan fingerprint density at radius 3 is 2.31 bits per heavy atom. The van der Waals surface area contributed by atoms with Crippen LogP contribution in [-0.4, -0.2) is 76.9 Å². The Bertz CT molecular complexity index is 1040. The lowest BCUT2D eigenvalue weighted by Gasteiger charge is -2.34. The van der Waals surface area contributed by atoms with Gasteiger partial charge < -0.3 is 14.4 Å². The zero-order chi connectivity index (χ0) is 22.5. The molecule has 0 saturated carbocycles. The normalized spacial score (nSPS) is 14.4. The highest BCUT2D eigenvalue weighted by Crippen LogP contribution is 2.17. The molecule has 1 aromatic heterocycles. The Morgan fingerprint density at radius 1 is 1.00 bits per heavy atom. The average molecular weight is 439 g/mol. The molecule has 1 amide bonds. The summed E-state index contributed by atoms with van der Waals surface area (Å²) in [7, 11) is 1.63. The molecule has 0 radical (unpaired) electrons. The summed E-state index contributed by atoms with van der Waals surface area (Å²) in [6.07, 6.45) is 0. The number of methoxy groups -OCH3 is 1. The molecule has 4 rings (SSSR count). The molecule has 1 aliphatic rings. The molecule has 0 aliphatic carbocycles. The van der Waals surface area contributed by atoms with Crippen molar-refractivity contribution in [2.24, 2.45) is 0 Å². The fourth-order valence-electron chi connectivity index (χ4n) is 3.59. The second kappa shape index (κ2) is 9.78. The number of aryl methyl sites for hydroxylation is 1. The summed E-state index contributed by atoms with van der Waals surface area (Å²) in [5.74, 6) is 1.82. The molecule has 3 aromatic rings. The van der Waals surface area contributed by atoms with Crippen LogP contribution in [0.3, 0.4) is 0 Å². The van der Waals surface area contributed by atoms with Gasteiger partial charge in [0.2, 0.25) is 5.82 Å². The number of hydrogen-bond donors (Lipinski definition) is 0. The van der Waals surface area contributed by atoms with E-state index in [-0.39, 0.29) is 17.5 Å². The third kappa shape index (κ3) is 5.05. The molecule has 1 saturated heterocycles. The van der Waals surface area contributed by atoms with Gasteiger partial charge in [-0.2, -0.15) is 0 Å². The fourth-order valence-corrected chi connectivity index (χ4v) is 3.59. The van der Waals surface area contributed by atoms with Crippen LogP contribution >= 0.6 is 0 Å². The molecular formula is C23H26FN5O3. The minimum Gasteiger partial charge on any atom is -0.497 e. The van der Waals surface area contributed by atoms with Gasteiger partial charge in [-0.15, -0.1) is 5.10 Å². The Morgan fingerprint density at radius 2 is 1.66 bits per heavy atom. The lowest BCUT2D eigenvalue weighted by atomic mass is 10.3. The van der Waals surface area contributed by atoms with Crippen molar-refractivity contribution in [1.82, 2.24) is 24.6 Å². The highest BCUT2D eigenvalue weighted by molar-refractivity contribution is 5.90. The summed E-state index contributed by atoms with van der Waals surface area (Å²) >= 11 is 0. The molecule has 2 aromatic carbocycles. The van der Waals surface area contributed by atoms with Gasteiger partial charge in [-0.1, -0.05) is 0 Å². The van der Waals surface area contributed by atoms with E-state index in [1.54, 1.807) is 35.7 Å². The van der Waals surface area contributed by atoms with Crippen LogP contribution in [-0.2, 0) is 0 Å². The van der Waals surface area contributed by atoms with Crippen molar-refractivity contribution in [2.45, 2.75) is 6.92 Å². The van der Waals surface area contributed by atoms with Gasteiger partial charge in [0.1, 0.15) is 29.7 Å². The van der Waals surface area contributed by atoms with E-state index in [4.69, 9.17) is 9.47 Å². The molecule has 32 heavy (non-hydrogen) atoms. The number of hydrogen-bond acceptors (Lipinski definition) is 6. The Hall–Kier alpha value is -3.46. The number of nitrogens with zero attached hydrogens (tertiary/aromatic N) is 5. The van der Waals surface area contributed by atoms with Crippen LogP contribution in [0.5, 0.6) is 11.5 Å². The van der Waals surface area contributed by atoms with Crippen LogP contribution in [0, 0.1) is 12.7 Å². The van der Waals surface area contributed by atoms with Crippen LogP contribution in [0.25, 0.3) is 5.69 Å². The van der Waals surface area contributed by atoms with Crippen molar-refractivity contribution in [3.8, 4) is 17.2 Å². The topological polar surface area (TPSA) is 72.7 Å². The van der Waals surface area contributed by atoms with Crippen LogP contribution < -0.4 is 9.47 Å². The largest absolute Gasteiger partial charge is 0.497 e. The van der Waals surface area contributed by atoms with Gasteiger partial charge in [0.15, 0.2) is 0 Å². The Balaban J connectivity index is 1.27.